The van der Waals surface area contributed by atoms with E-state index in [0.29, 0.717) is 11.5 Å². The third kappa shape index (κ3) is 3.07. The van der Waals surface area contributed by atoms with Crippen molar-refractivity contribution < 1.29 is 4.92 Å². The van der Waals surface area contributed by atoms with E-state index in [1.807, 2.05) is 31.4 Å². The maximum atomic E-state index is 11.3. The highest BCUT2D eigenvalue weighted by Gasteiger charge is 2.28. The minimum atomic E-state index is -0.356. The van der Waals surface area contributed by atoms with Gasteiger partial charge in [-0.05, 0) is 38.6 Å². The van der Waals surface area contributed by atoms with Crippen molar-refractivity contribution in [1.29, 1.82) is 0 Å². The largest absolute Gasteiger partial charge is 0.357 e. The van der Waals surface area contributed by atoms with Gasteiger partial charge in [-0.2, -0.15) is 5.10 Å². The molecule has 2 heterocycles. The Morgan fingerprint density at radius 2 is 2.24 bits per heavy atom. The van der Waals surface area contributed by atoms with Crippen LogP contribution in [0, 0.1) is 17.0 Å². The van der Waals surface area contributed by atoms with E-state index in [4.69, 9.17) is 0 Å². The summed E-state index contributed by atoms with van der Waals surface area (Å²) in [5.41, 5.74) is 0.510. The quantitative estimate of drug-likeness (QED) is 0.637. The van der Waals surface area contributed by atoms with Crippen molar-refractivity contribution in [2.45, 2.75) is 46.2 Å². The van der Waals surface area contributed by atoms with Crippen LogP contribution in [0.2, 0.25) is 0 Å². The molecule has 0 aliphatic heterocycles. The van der Waals surface area contributed by atoms with Gasteiger partial charge in [0.05, 0.1) is 11.0 Å². The lowest BCUT2D eigenvalue weighted by molar-refractivity contribution is -0.384. The molecular weight excluding hydrogens is 288 g/mol. The van der Waals surface area contributed by atoms with Crippen molar-refractivity contribution in [3.63, 3.8) is 0 Å². The first-order valence-electron chi connectivity index (χ1n) is 6.99. The molecule has 0 radical (unpaired) electrons. The fraction of sp³-hybridized carbons (Fsp3) is 0.500. The Balaban J connectivity index is 2.44. The van der Waals surface area contributed by atoms with Crippen molar-refractivity contribution in [2.75, 3.05) is 5.32 Å². The van der Waals surface area contributed by atoms with Gasteiger partial charge in [0.25, 0.3) is 0 Å². The summed E-state index contributed by atoms with van der Waals surface area (Å²) in [6, 6.07) is 4.14. The van der Waals surface area contributed by atoms with Crippen LogP contribution in [0.1, 0.15) is 49.8 Å². The van der Waals surface area contributed by atoms with Gasteiger partial charge in [-0.1, -0.05) is 13.0 Å². The molecule has 0 aliphatic rings. The lowest BCUT2D eigenvalue weighted by atomic mass is 10.2. The number of rotatable bonds is 6. The molecule has 0 saturated carbocycles. The Kier molecular flexibility index (Phi) is 4.62. The van der Waals surface area contributed by atoms with Crippen LogP contribution < -0.4 is 5.32 Å². The fourth-order valence-electron chi connectivity index (χ4n) is 2.29. The van der Waals surface area contributed by atoms with Gasteiger partial charge in [-0.3, -0.25) is 10.1 Å². The third-order valence-corrected chi connectivity index (χ3v) is 4.32. The number of anilines is 1. The van der Waals surface area contributed by atoms with Gasteiger partial charge in [0.15, 0.2) is 0 Å². The minimum Gasteiger partial charge on any atom is -0.357 e. The summed E-state index contributed by atoms with van der Waals surface area (Å²) in [5.74, 6) is 0.493. The maximum Gasteiger partial charge on any atom is 0.333 e. The van der Waals surface area contributed by atoms with Gasteiger partial charge in [0.1, 0.15) is 5.69 Å². The number of nitrogens with zero attached hydrogens (tertiary/aromatic N) is 3. The second kappa shape index (κ2) is 6.26. The van der Waals surface area contributed by atoms with Gasteiger partial charge in [0, 0.05) is 10.9 Å². The summed E-state index contributed by atoms with van der Waals surface area (Å²) in [5, 5.41) is 21.0. The Bertz CT molecular complexity index is 619. The van der Waals surface area contributed by atoms with Crippen LogP contribution in [-0.2, 0) is 0 Å². The second-order valence-electron chi connectivity index (χ2n) is 5.20. The van der Waals surface area contributed by atoms with Crippen molar-refractivity contribution in [3.05, 3.63) is 38.2 Å². The Labute approximate surface area is 127 Å². The number of nitro groups is 1. The summed E-state index contributed by atoms with van der Waals surface area (Å²) in [4.78, 5) is 12.2. The van der Waals surface area contributed by atoms with Crippen molar-refractivity contribution in [2.24, 2.45) is 0 Å². The highest BCUT2D eigenvalue weighted by molar-refractivity contribution is 7.10. The number of nitrogens with one attached hydrogen (secondary N) is 1. The van der Waals surface area contributed by atoms with Gasteiger partial charge in [0.2, 0.25) is 5.82 Å². The summed E-state index contributed by atoms with van der Waals surface area (Å²) < 4.78 is 1.70. The summed E-state index contributed by atoms with van der Waals surface area (Å²) in [6.07, 6.45) is 0.847. The molecule has 2 aromatic heterocycles. The van der Waals surface area contributed by atoms with E-state index in [1.165, 1.54) is 4.88 Å². The van der Waals surface area contributed by atoms with Gasteiger partial charge >= 0.3 is 5.69 Å². The van der Waals surface area contributed by atoms with E-state index in [1.54, 1.807) is 22.9 Å². The molecule has 114 valence electrons. The molecule has 1 unspecified atom stereocenters. The van der Waals surface area contributed by atoms with Crippen molar-refractivity contribution in [3.8, 4) is 0 Å². The molecule has 0 aliphatic carbocycles. The van der Waals surface area contributed by atoms with E-state index in [9.17, 15) is 10.1 Å². The Hall–Kier alpha value is -1.89. The number of hydrogen-bond acceptors (Lipinski definition) is 5. The highest BCUT2D eigenvalue weighted by atomic mass is 32.1. The monoisotopic (exact) mass is 308 g/mol. The molecule has 2 rings (SSSR count). The molecule has 2 aromatic rings. The van der Waals surface area contributed by atoms with Crippen molar-refractivity contribution in [1.82, 2.24) is 9.78 Å². The Morgan fingerprint density at radius 1 is 1.52 bits per heavy atom. The molecule has 0 spiro atoms. The molecule has 7 heteroatoms. The molecule has 6 nitrogen and oxygen atoms in total. The third-order valence-electron chi connectivity index (χ3n) is 3.33. The lowest BCUT2D eigenvalue weighted by Crippen LogP contribution is -2.15. The molecular formula is C14H20N4O2S. The van der Waals surface area contributed by atoms with Crippen LogP contribution in [0.5, 0.6) is 0 Å². The summed E-state index contributed by atoms with van der Waals surface area (Å²) >= 11 is 1.65. The molecule has 21 heavy (non-hydrogen) atoms. The standard InChI is InChI=1S/C14H20N4O2S/c1-5-11(12-7-6-8-21-12)15-14-13(18(19)20)10(4)16-17(14)9(2)3/h6-9,11,15H,5H2,1-4H3. The first kappa shape index (κ1) is 15.5. The van der Waals surface area contributed by atoms with Crippen LogP contribution in [0.15, 0.2) is 17.5 Å². The first-order chi connectivity index (χ1) is 9.95. The van der Waals surface area contributed by atoms with Gasteiger partial charge in [-0.25, -0.2) is 4.68 Å². The highest BCUT2D eigenvalue weighted by Crippen LogP contribution is 2.35. The normalized spacial score (nSPS) is 12.6. The number of thiophene rings is 1. The minimum absolute atomic E-state index is 0.0531. The zero-order chi connectivity index (χ0) is 15.6. The smallest absolute Gasteiger partial charge is 0.333 e. The number of aromatic nitrogens is 2. The van der Waals surface area contributed by atoms with E-state index < -0.39 is 0 Å². The first-order valence-corrected chi connectivity index (χ1v) is 7.87. The molecule has 0 fully saturated rings. The van der Waals surface area contributed by atoms with E-state index >= 15 is 0 Å². The maximum absolute atomic E-state index is 11.3. The van der Waals surface area contributed by atoms with Gasteiger partial charge < -0.3 is 5.32 Å². The van der Waals surface area contributed by atoms with Crippen LogP contribution in [0.3, 0.4) is 0 Å². The van der Waals surface area contributed by atoms with E-state index in [2.05, 4.69) is 17.3 Å². The molecule has 0 amide bonds. The molecule has 0 bridgehead atoms. The van der Waals surface area contributed by atoms with Crippen LogP contribution >= 0.6 is 11.3 Å². The zero-order valence-electron chi connectivity index (χ0n) is 12.7. The van der Waals surface area contributed by atoms with E-state index in [-0.39, 0.29) is 22.7 Å². The molecule has 0 aromatic carbocycles. The molecule has 1 atom stereocenters. The fourth-order valence-corrected chi connectivity index (χ4v) is 3.16. The average molecular weight is 308 g/mol. The van der Waals surface area contributed by atoms with Crippen LogP contribution in [0.4, 0.5) is 11.5 Å². The second-order valence-corrected chi connectivity index (χ2v) is 6.18. The lowest BCUT2D eigenvalue weighted by Gasteiger charge is -2.18. The number of aryl methyl sites for hydroxylation is 1. The molecule has 0 saturated heterocycles. The average Bonchev–Trinajstić information content (AvgIpc) is 3.03. The summed E-state index contributed by atoms with van der Waals surface area (Å²) in [7, 11) is 0. The van der Waals surface area contributed by atoms with Crippen LogP contribution in [0.25, 0.3) is 0 Å². The number of hydrogen-bond donors (Lipinski definition) is 1. The van der Waals surface area contributed by atoms with E-state index in [0.717, 1.165) is 6.42 Å². The SMILES string of the molecule is CCC(Nc1c([N+](=O)[O-])c(C)nn1C(C)C)c1cccs1. The Morgan fingerprint density at radius 3 is 2.71 bits per heavy atom. The van der Waals surface area contributed by atoms with Gasteiger partial charge in [-0.15, -0.1) is 11.3 Å². The zero-order valence-corrected chi connectivity index (χ0v) is 13.5. The predicted molar refractivity (Wildman–Crippen MR) is 85.0 cm³/mol. The van der Waals surface area contributed by atoms with Crippen LogP contribution in [-0.4, -0.2) is 14.7 Å². The predicted octanol–water partition coefficient (Wildman–Crippen LogP) is 4.31. The van der Waals surface area contributed by atoms with Crippen molar-refractivity contribution >= 4 is 22.8 Å². The molecule has 1 N–H and O–H groups in total. The topological polar surface area (TPSA) is 73.0 Å². The summed E-state index contributed by atoms with van der Waals surface area (Å²) in [6.45, 7) is 7.67.